The third-order valence-electron chi connectivity index (χ3n) is 13.0. The van der Waals surface area contributed by atoms with Crippen LogP contribution in [0.1, 0.15) is 108 Å². The maximum Gasteiger partial charge on any atom is 0.404 e. The molecule has 2 aromatic heterocycles. The van der Waals surface area contributed by atoms with Crippen LogP contribution in [0.5, 0.6) is 0 Å². The Bertz CT molecular complexity index is 2610. The van der Waals surface area contributed by atoms with Gasteiger partial charge in [-0.15, -0.1) is 0 Å². The van der Waals surface area contributed by atoms with Gasteiger partial charge in [-0.05, 0) is 111 Å². The fourth-order valence-electron chi connectivity index (χ4n) is 9.39. The summed E-state index contributed by atoms with van der Waals surface area (Å²) in [4.78, 5) is 64.7. The minimum absolute atomic E-state index is 0.00397. The van der Waals surface area contributed by atoms with Crippen LogP contribution in [0.25, 0.3) is 44.2 Å². The van der Waals surface area contributed by atoms with Gasteiger partial charge in [0.2, 0.25) is 12.3 Å². The summed E-state index contributed by atoms with van der Waals surface area (Å²) in [5, 5.41) is 70.8. The lowest BCUT2D eigenvalue weighted by Crippen LogP contribution is -2.73. The molecule has 8 rings (SSSR count). The largest absolute Gasteiger partial charge is 0.453 e. The number of fused-ring (bicyclic) bond motifs is 4. The molecule has 4 amide bonds. The molecule has 4 heterocycles. The van der Waals surface area contributed by atoms with E-state index >= 15 is 0 Å². The molecule has 70 heavy (non-hydrogen) atoms. The topological polar surface area (TPSA) is 364 Å². The summed E-state index contributed by atoms with van der Waals surface area (Å²) < 4.78 is 7.78. The lowest BCUT2D eigenvalue weighted by molar-refractivity contribution is -0.506. The summed E-state index contributed by atoms with van der Waals surface area (Å²) >= 11 is 0. The SMILES string of the molecule is CC(C)CC(=O)N1C(C)CCC1c1nc2c(ccc3cc(-c4ccc(-c5cnc(C6CCC(C)N6C=O)[nH]5)c5c4CCC5)ccc32)[nH]1.CC(O)C(O)(C(O)(O)O)C(O)(O)O.COC(N)=O.COC(N)=O. The number of nitrogens with one attached hydrogen (secondary N) is 2. The molecule has 0 radical (unpaired) electrons. The number of carbonyl (C=O) groups excluding carboxylic acids is 4. The maximum atomic E-state index is 13.2. The van der Waals surface area contributed by atoms with Crippen molar-refractivity contribution in [2.75, 3.05) is 14.2 Å². The molecule has 1 aliphatic carbocycles. The fraction of sp³-hybridized carbons (Fsp3) is 0.500. The molecule has 5 atom stereocenters. The summed E-state index contributed by atoms with van der Waals surface area (Å²) in [6.45, 7) is 9.16. The number of aromatic amines is 2. The van der Waals surface area contributed by atoms with Crippen LogP contribution in [-0.4, -0.2) is 145 Å². The molecular formula is C48H66N8O14. The Balaban J connectivity index is 0.000000331. The Morgan fingerprint density at radius 3 is 1.91 bits per heavy atom. The number of likely N-dealkylation sites (tertiary alicyclic amines) is 2. The first-order chi connectivity index (χ1) is 32.8. The van der Waals surface area contributed by atoms with Gasteiger partial charge in [0, 0.05) is 29.5 Å². The van der Waals surface area contributed by atoms with E-state index in [9.17, 15) is 19.2 Å². The molecule has 0 spiro atoms. The number of primary amides is 2. The van der Waals surface area contributed by atoms with E-state index in [1.165, 1.54) is 47.4 Å². The number of nitrogens with two attached hydrogens (primary N) is 2. The van der Waals surface area contributed by atoms with Crippen LogP contribution in [0.3, 0.4) is 0 Å². The van der Waals surface area contributed by atoms with Crippen LogP contribution >= 0.6 is 0 Å². The summed E-state index contributed by atoms with van der Waals surface area (Å²) in [6, 6.07) is 16.1. The second-order valence-corrected chi connectivity index (χ2v) is 18.3. The zero-order valence-corrected chi connectivity index (χ0v) is 40.3. The molecule has 2 saturated heterocycles. The molecule has 22 heteroatoms. The predicted octanol–water partition coefficient (Wildman–Crippen LogP) is 2.82. The first kappa shape index (κ1) is 54.7. The molecule has 2 fully saturated rings. The number of nitrogens with zero attached hydrogens (tertiary/aromatic N) is 4. The Hall–Kier alpha value is -6.24. The highest BCUT2D eigenvalue weighted by Gasteiger charge is 2.65. The monoisotopic (exact) mass is 978 g/mol. The molecule has 14 N–H and O–H groups in total. The summed E-state index contributed by atoms with van der Waals surface area (Å²) in [6.07, 6.45) is 6.89. The fourth-order valence-corrected chi connectivity index (χ4v) is 9.39. The number of benzene rings is 3. The van der Waals surface area contributed by atoms with Gasteiger partial charge in [0.05, 0.1) is 55.3 Å². The first-order valence-corrected chi connectivity index (χ1v) is 22.9. The van der Waals surface area contributed by atoms with Crippen molar-refractivity contribution in [3.05, 3.63) is 71.4 Å². The van der Waals surface area contributed by atoms with Gasteiger partial charge in [-0.25, -0.2) is 19.6 Å². The third-order valence-corrected chi connectivity index (χ3v) is 13.0. The number of hydrogen-bond donors (Lipinski definition) is 12. The molecule has 2 aliphatic heterocycles. The van der Waals surface area contributed by atoms with E-state index in [1.807, 2.05) is 11.1 Å². The van der Waals surface area contributed by atoms with Crippen molar-refractivity contribution in [3.8, 4) is 22.4 Å². The van der Waals surface area contributed by atoms with Crippen LogP contribution in [0.15, 0.2) is 48.7 Å². The van der Waals surface area contributed by atoms with E-state index in [4.69, 9.17) is 50.8 Å². The van der Waals surface area contributed by atoms with Gasteiger partial charge in [0.1, 0.15) is 11.6 Å². The Kier molecular flexibility index (Phi) is 17.4. The molecule has 0 bridgehead atoms. The minimum atomic E-state index is -4.08. The second-order valence-electron chi connectivity index (χ2n) is 18.3. The summed E-state index contributed by atoms with van der Waals surface area (Å²) in [5.41, 5.74) is 14.7. The number of imidazole rings is 2. The number of ether oxygens (including phenoxy) is 2. The van der Waals surface area contributed by atoms with Crippen molar-refractivity contribution in [3.63, 3.8) is 0 Å². The Labute approximate surface area is 403 Å². The summed E-state index contributed by atoms with van der Waals surface area (Å²) in [5.74, 6) is -5.83. The van der Waals surface area contributed by atoms with E-state index in [-0.39, 0.29) is 30.1 Å². The van der Waals surface area contributed by atoms with Crippen molar-refractivity contribution in [2.45, 2.75) is 134 Å². The zero-order valence-electron chi connectivity index (χ0n) is 40.3. The van der Waals surface area contributed by atoms with Gasteiger partial charge in [-0.1, -0.05) is 44.2 Å². The molecular weight excluding hydrogens is 913 g/mol. The van der Waals surface area contributed by atoms with E-state index in [2.05, 4.69) is 106 Å². The molecule has 0 saturated carbocycles. The number of H-pyrrole nitrogens is 2. The smallest absolute Gasteiger partial charge is 0.404 e. The van der Waals surface area contributed by atoms with Gasteiger partial charge < -0.3 is 81.6 Å². The van der Waals surface area contributed by atoms with Gasteiger partial charge in [0.15, 0.2) is 0 Å². The number of aliphatic hydroxyl groups excluding tert-OH is 1. The Morgan fingerprint density at radius 1 is 0.800 bits per heavy atom. The van der Waals surface area contributed by atoms with Crippen LogP contribution < -0.4 is 11.5 Å². The van der Waals surface area contributed by atoms with Gasteiger partial charge in [-0.3, -0.25) is 9.59 Å². The normalized spacial score (nSPS) is 19.4. The number of methoxy groups -OCH3 is 2. The van der Waals surface area contributed by atoms with Crippen molar-refractivity contribution in [2.24, 2.45) is 17.4 Å². The quantitative estimate of drug-likeness (QED) is 0.0707. The Morgan fingerprint density at radius 2 is 1.37 bits per heavy atom. The predicted molar refractivity (Wildman–Crippen MR) is 254 cm³/mol. The number of rotatable bonds is 10. The lowest BCUT2D eigenvalue weighted by Gasteiger charge is -2.41. The maximum absolute atomic E-state index is 13.2. The molecule has 5 unspecified atom stereocenters. The average molecular weight is 979 g/mol. The van der Waals surface area contributed by atoms with Crippen molar-refractivity contribution >= 4 is 46.3 Å². The average Bonchev–Trinajstić information content (AvgIpc) is 4.15. The zero-order chi connectivity index (χ0) is 52.0. The van der Waals surface area contributed by atoms with Crippen LogP contribution in [-0.2, 0) is 31.9 Å². The van der Waals surface area contributed by atoms with Crippen molar-refractivity contribution in [1.29, 1.82) is 0 Å². The molecule has 382 valence electrons. The number of aliphatic hydroxyl groups is 8. The van der Waals surface area contributed by atoms with Gasteiger partial charge in [-0.2, -0.15) is 0 Å². The van der Waals surface area contributed by atoms with E-state index in [1.54, 1.807) is 0 Å². The van der Waals surface area contributed by atoms with Gasteiger partial charge >= 0.3 is 24.1 Å². The number of carbonyl (C=O) groups is 4. The highest BCUT2D eigenvalue weighted by atomic mass is 16.7. The molecule has 22 nitrogen and oxygen atoms in total. The second kappa shape index (κ2) is 22.2. The third kappa shape index (κ3) is 11.7. The number of hydrogen-bond acceptors (Lipinski definition) is 16. The van der Waals surface area contributed by atoms with Crippen LogP contribution in [0.2, 0.25) is 0 Å². The molecule has 3 aromatic carbocycles. The highest BCUT2D eigenvalue weighted by molar-refractivity contribution is 6.05. The number of aromatic nitrogens is 4. The van der Waals surface area contributed by atoms with Crippen LogP contribution in [0.4, 0.5) is 9.59 Å². The van der Waals surface area contributed by atoms with Crippen molar-refractivity contribution in [1.82, 2.24) is 29.7 Å². The highest BCUT2D eigenvalue weighted by Crippen LogP contribution is 2.42. The van der Waals surface area contributed by atoms with E-state index in [0.717, 1.165) is 85.1 Å². The standard InChI is InChI=1S/C39H44N6O2.C5H12O8.2C2H5NO2/c1-22(2)18-36(47)45-24(4)9-17-35(45)39-41-32-15-11-26-19-25(10-12-28(26)37(32)43-39)27-13-14-31(30-7-5-6-29(27)30)33-20-40-38(42-33)34-16-8-23(3)44(34)21-46;1-2(6)3(7,4(8,9)10)5(11,12)13;2*1-5-2(3)4/h10-15,19-24,34-35H,5-9,16-18H2,1-4H3,(H,40,42)(H,41,43);2,6-13H,1H3;2*1H3,(H2,3,4). The summed E-state index contributed by atoms with van der Waals surface area (Å²) in [7, 11) is 2.45. The van der Waals surface area contributed by atoms with E-state index in [0.29, 0.717) is 19.3 Å². The molecule has 3 aliphatic rings. The first-order valence-electron chi connectivity index (χ1n) is 22.9. The number of amides is 4. The van der Waals surface area contributed by atoms with Gasteiger partial charge in [0.25, 0.3) is 5.60 Å². The molecule has 5 aromatic rings. The lowest BCUT2D eigenvalue weighted by atomic mass is 9.91. The van der Waals surface area contributed by atoms with Crippen molar-refractivity contribution < 1.29 is 69.5 Å². The van der Waals surface area contributed by atoms with E-state index < -0.39 is 35.8 Å². The minimum Gasteiger partial charge on any atom is -0.453 e. The van der Waals surface area contributed by atoms with Crippen LogP contribution in [0, 0.1) is 5.92 Å².